The minimum absolute atomic E-state index is 0. The zero-order valence-electron chi connectivity index (χ0n) is 5.47. The summed E-state index contributed by atoms with van der Waals surface area (Å²) >= 11 is 4.92. The zero-order valence-corrected chi connectivity index (χ0v) is 7.22. The molecule has 0 aromatic heterocycles. The standard InChI is InChI=1S/C3H5ClO3.Al.Na.4H/c4-1-2(5)3(6)7;;;;;;/h2,5H,1H2,(H,6,7);;;;;;/q;;+1;;;;-1. The van der Waals surface area contributed by atoms with Crippen LogP contribution >= 0.6 is 11.6 Å². The Morgan fingerprint density at radius 2 is 2.11 bits per heavy atom. The first-order chi connectivity index (χ1) is 3.18. The summed E-state index contributed by atoms with van der Waals surface area (Å²) in [5.74, 6) is -1.54. The molecule has 3 nitrogen and oxygen atoms in total. The molecule has 0 radical (unpaired) electrons. The SMILES string of the molecule is O=C(O)C(O)CCl.[AlH3].[H-].[Na+]. The van der Waals surface area contributed by atoms with Crippen LogP contribution < -0.4 is 29.6 Å². The monoisotopic (exact) mass is 178 g/mol. The molecule has 6 heteroatoms. The first-order valence-corrected chi connectivity index (χ1v) is 2.18. The van der Waals surface area contributed by atoms with Gasteiger partial charge in [-0.05, 0) is 0 Å². The molecule has 0 fully saturated rings. The van der Waals surface area contributed by atoms with Gasteiger partial charge in [0.1, 0.15) is 0 Å². The second-order valence-corrected chi connectivity index (χ2v) is 1.32. The summed E-state index contributed by atoms with van der Waals surface area (Å²) in [5, 5.41) is 16.1. The Kier molecular flexibility index (Phi) is 17.2. The van der Waals surface area contributed by atoms with Gasteiger partial charge in [-0.25, -0.2) is 4.79 Å². The normalized spacial score (nSPS) is 10.4. The fraction of sp³-hybridized carbons (Fsp3) is 0.667. The number of carboxylic acids is 1. The topological polar surface area (TPSA) is 57.5 Å². The van der Waals surface area contributed by atoms with Crippen molar-refractivity contribution in [3.05, 3.63) is 0 Å². The van der Waals surface area contributed by atoms with Gasteiger partial charge in [-0.1, -0.05) is 0 Å². The van der Waals surface area contributed by atoms with Gasteiger partial charge in [0.25, 0.3) is 0 Å². The fourth-order valence-corrected chi connectivity index (χ4v) is 0.198. The average Bonchev–Trinajstić information content (AvgIpc) is 1.65. The number of halogens is 1. The molecule has 0 aromatic carbocycles. The van der Waals surface area contributed by atoms with Gasteiger partial charge in [-0.2, -0.15) is 0 Å². The summed E-state index contributed by atoms with van der Waals surface area (Å²) in [6.45, 7) is 0. The molecule has 1 atom stereocenters. The minimum atomic E-state index is -1.42. The van der Waals surface area contributed by atoms with E-state index in [1.165, 1.54) is 0 Å². The first kappa shape index (κ1) is 16.7. The smallest absolute Gasteiger partial charge is 1.00 e. The average molecular weight is 179 g/mol. The Hall–Kier alpha value is 1.25. The van der Waals surface area contributed by atoms with Crippen molar-refractivity contribution in [2.45, 2.75) is 6.10 Å². The molecule has 0 aliphatic heterocycles. The molecule has 0 saturated carbocycles. The van der Waals surface area contributed by atoms with Gasteiger partial charge in [0.15, 0.2) is 23.5 Å². The number of aliphatic hydroxyl groups excluding tert-OH is 1. The number of alkyl halides is 1. The van der Waals surface area contributed by atoms with Crippen LogP contribution in [0.2, 0.25) is 0 Å². The van der Waals surface area contributed by atoms with Crippen LogP contribution in [0.4, 0.5) is 0 Å². The Bertz CT molecular complexity index is 86.1. The van der Waals surface area contributed by atoms with Crippen molar-refractivity contribution >= 4 is 34.9 Å². The molecule has 1 unspecified atom stereocenters. The molecule has 0 rings (SSSR count). The summed E-state index contributed by atoms with van der Waals surface area (Å²) in [5.41, 5.74) is 0. The number of rotatable bonds is 2. The van der Waals surface area contributed by atoms with Crippen LogP contribution in [0.3, 0.4) is 0 Å². The van der Waals surface area contributed by atoms with Crippen molar-refractivity contribution in [1.82, 2.24) is 0 Å². The third kappa shape index (κ3) is 9.25. The van der Waals surface area contributed by atoms with Gasteiger partial charge >= 0.3 is 35.5 Å². The van der Waals surface area contributed by atoms with Gasteiger partial charge in [0.05, 0.1) is 5.88 Å². The van der Waals surface area contributed by atoms with Gasteiger partial charge in [-0.15, -0.1) is 11.6 Å². The quantitative estimate of drug-likeness (QED) is 0.332. The van der Waals surface area contributed by atoms with Crippen LogP contribution in [0.15, 0.2) is 0 Å². The van der Waals surface area contributed by atoms with Crippen LogP contribution in [0.25, 0.3) is 0 Å². The largest absolute Gasteiger partial charge is 1.00 e. The molecule has 2 N–H and O–H groups in total. The minimum Gasteiger partial charge on any atom is -1.00 e. The maximum Gasteiger partial charge on any atom is 1.00 e. The molecule has 0 spiro atoms. The van der Waals surface area contributed by atoms with Crippen molar-refractivity contribution in [2.24, 2.45) is 0 Å². The maximum absolute atomic E-state index is 9.60. The van der Waals surface area contributed by atoms with Crippen molar-refractivity contribution in [3.8, 4) is 0 Å². The van der Waals surface area contributed by atoms with E-state index < -0.39 is 12.1 Å². The van der Waals surface area contributed by atoms with Crippen LogP contribution in [0, 0.1) is 0 Å². The summed E-state index contributed by atoms with van der Waals surface area (Å²) in [4.78, 5) is 9.60. The van der Waals surface area contributed by atoms with E-state index in [0.717, 1.165) is 0 Å². The van der Waals surface area contributed by atoms with Crippen LogP contribution in [-0.4, -0.2) is 45.5 Å². The number of aliphatic carboxylic acids is 1. The summed E-state index contributed by atoms with van der Waals surface area (Å²) in [6, 6.07) is 0. The second kappa shape index (κ2) is 9.25. The molecular weight excluding hydrogens is 169 g/mol. The second-order valence-electron chi connectivity index (χ2n) is 1.01. The molecule has 9 heavy (non-hydrogen) atoms. The van der Waals surface area contributed by atoms with Crippen molar-refractivity contribution in [2.75, 3.05) is 5.88 Å². The van der Waals surface area contributed by atoms with Gasteiger partial charge < -0.3 is 11.6 Å². The molecule has 0 aliphatic rings. The van der Waals surface area contributed by atoms with Gasteiger partial charge in [0, 0.05) is 0 Å². The summed E-state index contributed by atoms with van der Waals surface area (Å²) < 4.78 is 0. The van der Waals surface area contributed by atoms with E-state index in [1.807, 2.05) is 0 Å². The zero-order chi connectivity index (χ0) is 5.86. The Morgan fingerprint density at radius 3 is 2.11 bits per heavy atom. The predicted octanol–water partition coefficient (Wildman–Crippen LogP) is -4.40. The molecule has 50 valence electrons. The summed E-state index contributed by atoms with van der Waals surface area (Å²) in [7, 11) is 0. The van der Waals surface area contributed by atoms with Crippen LogP contribution in [0.1, 0.15) is 1.43 Å². The summed E-state index contributed by atoms with van der Waals surface area (Å²) in [6.07, 6.45) is -1.42. The fourth-order valence-electron chi connectivity index (χ4n) is 0.0660. The third-order valence-corrected chi connectivity index (χ3v) is 0.724. The number of carbonyl (C=O) groups is 1. The van der Waals surface area contributed by atoms with E-state index in [0.29, 0.717) is 0 Å². The van der Waals surface area contributed by atoms with E-state index in [1.54, 1.807) is 0 Å². The Morgan fingerprint density at radius 1 is 1.78 bits per heavy atom. The van der Waals surface area contributed by atoms with Gasteiger partial charge in [-0.3, -0.25) is 0 Å². The molecular formula is C3H9AlClNaO3. The van der Waals surface area contributed by atoms with Crippen LogP contribution in [0.5, 0.6) is 0 Å². The van der Waals surface area contributed by atoms with Gasteiger partial charge in [0.2, 0.25) is 0 Å². The van der Waals surface area contributed by atoms with E-state index in [9.17, 15) is 4.79 Å². The number of carboxylic acid groups (broad SMARTS) is 1. The molecule has 0 aliphatic carbocycles. The number of aliphatic hydroxyl groups is 1. The predicted molar refractivity (Wildman–Crippen MR) is 35.4 cm³/mol. The molecule has 0 bridgehead atoms. The Labute approximate surface area is 92.3 Å². The van der Waals surface area contributed by atoms with E-state index in [2.05, 4.69) is 0 Å². The van der Waals surface area contributed by atoms with Crippen molar-refractivity contribution < 1.29 is 46.0 Å². The third-order valence-electron chi connectivity index (χ3n) is 0.431. The molecule has 0 amide bonds. The van der Waals surface area contributed by atoms with E-state index in [-0.39, 0.29) is 54.2 Å². The molecule has 0 aromatic rings. The Balaban J connectivity index is -0.0000000600. The number of hydrogen-bond donors (Lipinski definition) is 2. The van der Waals surface area contributed by atoms with E-state index >= 15 is 0 Å². The van der Waals surface area contributed by atoms with Crippen LogP contribution in [-0.2, 0) is 4.79 Å². The van der Waals surface area contributed by atoms with Crippen molar-refractivity contribution in [1.29, 1.82) is 0 Å². The number of hydrogen-bond acceptors (Lipinski definition) is 2. The first-order valence-electron chi connectivity index (χ1n) is 1.65. The molecule has 0 heterocycles. The molecule has 0 saturated heterocycles. The van der Waals surface area contributed by atoms with E-state index in [4.69, 9.17) is 21.8 Å². The maximum atomic E-state index is 9.60. The van der Waals surface area contributed by atoms with Crippen molar-refractivity contribution in [3.63, 3.8) is 0 Å².